The lowest BCUT2D eigenvalue weighted by Gasteiger charge is -2.21. The van der Waals surface area contributed by atoms with Crippen molar-refractivity contribution in [2.45, 2.75) is 64.8 Å². The molecule has 1 aliphatic carbocycles. The molecule has 0 aromatic carbocycles. The molecule has 0 radical (unpaired) electrons. The van der Waals surface area contributed by atoms with Gasteiger partial charge in [-0.1, -0.05) is 40.0 Å². The van der Waals surface area contributed by atoms with Crippen molar-refractivity contribution >= 4 is 11.3 Å². The standard InChI is InChI=1S/C15H26N2S/c1-15(2,3)13-11-18-14(17-13)10-16-9-12-7-5-4-6-8-12/h11-12,16H,4-10H2,1-3H3. The van der Waals surface area contributed by atoms with Crippen LogP contribution in [-0.4, -0.2) is 11.5 Å². The lowest BCUT2D eigenvalue weighted by Crippen LogP contribution is -2.24. The molecule has 1 fully saturated rings. The topological polar surface area (TPSA) is 24.9 Å². The van der Waals surface area contributed by atoms with Gasteiger partial charge in [0.1, 0.15) is 5.01 Å². The zero-order chi connectivity index (χ0) is 13.0. The largest absolute Gasteiger partial charge is 0.310 e. The van der Waals surface area contributed by atoms with Crippen LogP contribution in [0.3, 0.4) is 0 Å². The van der Waals surface area contributed by atoms with E-state index in [2.05, 4.69) is 31.5 Å². The minimum absolute atomic E-state index is 0.179. The van der Waals surface area contributed by atoms with Crippen LogP contribution in [-0.2, 0) is 12.0 Å². The van der Waals surface area contributed by atoms with Crippen LogP contribution in [0.2, 0.25) is 0 Å². The molecule has 1 aliphatic rings. The van der Waals surface area contributed by atoms with Gasteiger partial charge in [-0.25, -0.2) is 4.98 Å². The summed E-state index contributed by atoms with van der Waals surface area (Å²) in [6.07, 6.45) is 7.13. The number of nitrogens with zero attached hydrogens (tertiary/aromatic N) is 1. The molecule has 1 heterocycles. The van der Waals surface area contributed by atoms with Crippen LogP contribution in [0.15, 0.2) is 5.38 Å². The van der Waals surface area contributed by atoms with Gasteiger partial charge in [-0.15, -0.1) is 11.3 Å². The summed E-state index contributed by atoms with van der Waals surface area (Å²) in [5, 5.41) is 7.02. The second-order valence-electron chi connectivity index (χ2n) is 6.51. The quantitative estimate of drug-likeness (QED) is 0.887. The van der Waals surface area contributed by atoms with Crippen molar-refractivity contribution in [3.63, 3.8) is 0 Å². The van der Waals surface area contributed by atoms with E-state index < -0.39 is 0 Å². The molecule has 0 saturated heterocycles. The summed E-state index contributed by atoms with van der Waals surface area (Å²) in [4.78, 5) is 4.72. The van der Waals surface area contributed by atoms with E-state index >= 15 is 0 Å². The Morgan fingerprint density at radius 1 is 1.28 bits per heavy atom. The molecule has 0 amide bonds. The predicted octanol–water partition coefficient (Wildman–Crippen LogP) is 4.11. The molecule has 0 spiro atoms. The molecule has 2 nitrogen and oxygen atoms in total. The van der Waals surface area contributed by atoms with Gasteiger partial charge in [0.15, 0.2) is 0 Å². The number of hydrogen-bond donors (Lipinski definition) is 1. The zero-order valence-electron chi connectivity index (χ0n) is 12.0. The fraction of sp³-hybridized carbons (Fsp3) is 0.800. The van der Waals surface area contributed by atoms with E-state index in [9.17, 15) is 0 Å². The minimum atomic E-state index is 0.179. The summed E-state index contributed by atoms with van der Waals surface area (Å²) in [6.45, 7) is 8.78. The molecule has 0 atom stereocenters. The highest BCUT2D eigenvalue weighted by molar-refractivity contribution is 7.09. The van der Waals surface area contributed by atoms with Gasteiger partial charge in [-0.3, -0.25) is 0 Å². The van der Waals surface area contributed by atoms with Crippen LogP contribution in [0.1, 0.15) is 63.6 Å². The summed E-state index contributed by atoms with van der Waals surface area (Å²) in [5.41, 5.74) is 1.40. The first-order valence-electron chi connectivity index (χ1n) is 7.21. The average molecular weight is 266 g/mol. The molecule has 18 heavy (non-hydrogen) atoms. The summed E-state index contributed by atoms with van der Waals surface area (Å²) < 4.78 is 0. The average Bonchev–Trinajstić information content (AvgIpc) is 2.79. The van der Waals surface area contributed by atoms with Crippen molar-refractivity contribution in [3.05, 3.63) is 16.1 Å². The van der Waals surface area contributed by atoms with E-state index in [0.29, 0.717) is 0 Å². The number of thiazole rings is 1. The molecule has 102 valence electrons. The fourth-order valence-corrected chi connectivity index (χ4v) is 3.50. The van der Waals surface area contributed by atoms with Crippen molar-refractivity contribution < 1.29 is 0 Å². The van der Waals surface area contributed by atoms with Gasteiger partial charge in [-0.05, 0) is 25.3 Å². The third-order valence-electron chi connectivity index (χ3n) is 3.75. The van der Waals surface area contributed by atoms with Crippen molar-refractivity contribution in [1.82, 2.24) is 10.3 Å². The first-order chi connectivity index (χ1) is 8.55. The van der Waals surface area contributed by atoms with E-state index in [-0.39, 0.29) is 5.41 Å². The second-order valence-corrected chi connectivity index (χ2v) is 7.45. The Bertz CT molecular complexity index is 359. The highest BCUT2D eigenvalue weighted by Gasteiger charge is 2.17. The lowest BCUT2D eigenvalue weighted by atomic mass is 9.89. The maximum Gasteiger partial charge on any atom is 0.107 e. The molecule has 0 unspecified atom stereocenters. The second kappa shape index (κ2) is 6.16. The molecule has 0 aliphatic heterocycles. The Hall–Kier alpha value is -0.410. The van der Waals surface area contributed by atoms with E-state index in [1.165, 1.54) is 49.4 Å². The van der Waals surface area contributed by atoms with Crippen LogP contribution in [0.25, 0.3) is 0 Å². The number of aromatic nitrogens is 1. The minimum Gasteiger partial charge on any atom is -0.310 e. The Kier molecular flexibility index (Phi) is 4.79. The van der Waals surface area contributed by atoms with E-state index in [1.54, 1.807) is 11.3 Å². The molecular weight excluding hydrogens is 240 g/mol. The van der Waals surface area contributed by atoms with E-state index in [1.807, 2.05) is 0 Å². The molecule has 1 aromatic rings. The SMILES string of the molecule is CC(C)(C)c1csc(CNCC2CCCCC2)n1. The summed E-state index contributed by atoms with van der Waals surface area (Å²) in [5.74, 6) is 0.904. The monoisotopic (exact) mass is 266 g/mol. The number of hydrogen-bond acceptors (Lipinski definition) is 3. The van der Waals surface area contributed by atoms with Gasteiger partial charge in [0.2, 0.25) is 0 Å². The Morgan fingerprint density at radius 2 is 2.00 bits per heavy atom. The molecule has 1 aromatic heterocycles. The van der Waals surface area contributed by atoms with E-state index in [4.69, 9.17) is 4.98 Å². The van der Waals surface area contributed by atoms with E-state index in [0.717, 1.165) is 12.5 Å². The summed E-state index contributed by atoms with van der Waals surface area (Å²) in [7, 11) is 0. The van der Waals surface area contributed by atoms with Crippen molar-refractivity contribution in [1.29, 1.82) is 0 Å². The zero-order valence-corrected chi connectivity index (χ0v) is 12.8. The van der Waals surface area contributed by atoms with Crippen molar-refractivity contribution in [2.24, 2.45) is 5.92 Å². The smallest absolute Gasteiger partial charge is 0.107 e. The molecule has 0 bridgehead atoms. The maximum absolute atomic E-state index is 4.72. The molecule has 2 rings (SSSR count). The summed E-state index contributed by atoms with van der Waals surface area (Å²) in [6, 6.07) is 0. The number of rotatable bonds is 4. The molecular formula is C15H26N2S. The van der Waals surface area contributed by atoms with Gasteiger partial charge in [0.05, 0.1) is 5.69 Å². The first-order valence-corrected chi connectivity index (χ1v) is 8.09. The fourth-order valence-electron chi connectivity index (χ4n) is 2.51. The summed E-state index contributed by atoms with van der Waals surface area (Å²) >= 11 is 1.79. The van der Waals surface area contributed by atoms with Gasteiger partial charge >= 0.3 is 0 Å². The molecule has 1 N–H and O–H groups in total. The lowest BCUT2D eigenvalue weighted by molar-refractivity contribution is 0.342. The third-order valence-corrected chi connectivity index (χ3v) is 4.60. The van der Waals surface area contributed by atoms with Crippen LogP contribution >= 0.6 is 11.3 Å². The van der Waals surface area contributed by atoms with Gasteiger partial charge < -0.3 is 5.32 Å². The molecule has 3 heteroatoms. The van der Waals surface area contributed by atoms with Crippen molar-refractivity contribution in [3.8, 4) is 0 Å². The normalized spacial score (nSPS) is 18.2. The van der Waals surface area contributed by atoms with Crippen LogP contribution < -0.4 is 5.32 Å². The maximum atomic E-state index is 4.72. The Labute approximate surface area is 115 Å². The van der Waals surface area contributed by atoms with Gasteiger partial charge in [-0.2, -0.15) is 0 Å². The Morgan fingerprint density at radius 3 is 2.61 bits per heavy atom. The Balaban J connectivity index is 1.74. The van der Waals surface area contributed by atoms with Crippen LogP contribution in [0.5, 0.6) is 0 Å². The van der Waals surface area contributed by atoms with Crippen LogP contribution in [0, 0.1) is 5.92 Å². The van der Waals surface area contributed by atoms with Crippen molar-refractivity contribution in [2.75, 3.05) is 6.54 Å². The predicted molar refractivity (Wildman–Crippen MR) is 79.1 cm³/mol. The van der Waals surface area contributed by atoms with Gasteiger partial charge in [0.25, 0.3) is 0 Å². The first kappa shape index (κ1) is 14.0. The van der Waals surface area contributed by atoms with Gasteiger partial charge in [0, 0.05) is 17.3 Å². The highest BCUT2D eigenvalue weighted by atomic mass is 32.1. The third kappa shape index (κ3) is 4.06. The highest BCUT2D eigenvalue weighted by Crippen LogP contribution is 2.25. The van der Waals surface area contributed by atoms with Crippen LogP contribution in [0.4, 0.5) is 0 Å². The number of nitrogens with one attached hydrogen (secondary N) is 1. The molecule has 1 saturated carbocycles.